The number of fused-ring (bicyclic) bond motifs is 4. The summed E-state index contributed by atoms with van der Waals surface area (Å²) in [6, 6.07) is 8.69. The van der Waals surface area contributed by atoms with E-state index in [1.807, 2.05) is 0 Å². The van der Waals surface area contributed by atoms with Gasteiger partial charge in [-0.05, 0) is 17.5 Å². The third-order valence-corrected chi connectivity index (χ3v) is 9.60. The van der Waals surface area contributed by atoms with Crippen molar-refractivity contribution in [2.24, 2.45) is 0 Å². The van der Waals surface area contributed by atoms with Crippen LogP contribution in [0.2, 0.25) is 0 Å². The molecule has 0 N–H and O–H groups in total. The monoisotopic (exact) mass is 468 g/mol. The highest BCUT2D eigenvalue weighted by Gasteiger charge is 2.54. The van der Waals surface area contributed by atoms with E-state index in [2.05, 4.69) is 88.0 Å². The Hall–Kier alpha value is 0.880. The molecule has 2 bridgehead atoms. The fourth-order valence-electron chi connectivity index (χ4n) is 2.59. The summed E-state index contributed by atoms with van der Waals surface area (Å²) in [6.07, 6.45) is 1.02. The molecule has 0 aliphatic heterocycles. The van der Waals surface area contributed by atoms with Crippen LogP contribution in [0.4, 0.5) is 0 Å². The zero-order chi connectivity index (χ0) is 11.5. The maximum absolute atomic E-state index is 3.90. The lowest BCUT2D eigenvalue weighted by Gasteiger charge is -2.35. The minimum atomic E-state index is 0.00481. The summed E-state index contributed by atoms with van der Waals surface area (Å²) >= 11 is 15.2. The lowest BCUT2D eigenvalue weighted by molar-refractivity contribution is 0.628. The van der Waals surface area contributed by atoms with Crippen molar-refractivity contribution in [3.05, 3.63) is 44.4 Å². The summed E-state index contributed by atoms with van der Waals surface area (Å²) in [6.45, 7) is 0. The van der Waals surface area contributed by atoms with Crippen LogP contribution in [-0.2, 0) is 6.42 Å². The number of hydrogen-bond acceptors (Lipinski definition) is 0. The van der Waals surface area contributed by atoms with E-state index in [0.717, 1.165) is 6.42 Å². The molecule has 0 unspecified atom stereocenters. The van der Waals surface area contributed by atoms with Crippen LogP contribution in [-0.4, -0.2) is 9.15 Å². The van der Waals surface area contributed by atoms with Crippen molar-refractivity contribution in [3.8, 4) is 0 Å². The molecule has 0 radical (unpaired) electrons. The molecule has 3 atom stereocenters. The second kappa shape index (κ2) is 3.94. The summed E-state index contributed by atoms with van der Waals surface area (Å²) in [5.74, 6) is 0.415. The molecule has 0 heterocycles. The van der Waals surface area contributed by atoms with E-state index >= 15 is 0 Å². The molecule has 0 saturated heterocycles. The van der Waals surface area contributed by atoms with Gasteiger partial charge in [-0.2, -0.15) is 0 Å². The Balaban J connectivity index is 2.26. The molecule has 2 aliphatic carbocycles. The molecule has 0 aromatic heterocycles. The van der Waals surface area contributed by atoms with E-state index in [1.165, 1.54) is 20.1 Å². The molecule has 0 amide bonds. The zero-order valence-electron chi connectivity index (χ0n) is 8.18. The minimum absolute atomic E-state index is 0.00481. The molecular weight excluding hydrogens is 464 g/mol. The van der Waals surface area contributed by atoms with Gasteiger partial charge in [0.1, 0.15) is 0 Å². The summed E-state index contributed by atoms with van der Waals surface area (Å²) in [7, 11) is 0. The second-order valence-electron chi connectivity index (χ2n) is 4.28. The van der Waals surface area contributed by atoms with Crippen molar-refractivity contribution in [2.45, 2.75) is 21.5 Å². The van der Waals surface area contributed by atoms with Gasteiger partial charge in [-0.3, -0.25) is 0 Å². The normalized spacial score (nSPS) is 36.5. The average molecular weight is 472 g/mol. The summed E-state index contributed by atoms with van der Waals surface area (Å²) < 4.78 is 2.50. The van der Waals surface area contributed by atoms with Crippen LogP contribution < -0.4 is 0 Å². The molecule has 16 heavy (non-hydrogen) atoms. The van der Waals surface area contributed by atoms with Gasteiger partial charge in [0, 0.05) is 19.7 Å². The molecule has 0 saturated carbocycles. The highest BCUT2D eigenvalue weighted by molar-refractivity contribution is 9.16. The Labute approximate surface area is 128 Å². The van der Waals surface area contributed by atoms with E-state index in [1.54, 1.807) is 0 Å². The van der Waals surface area contributed by atoms with Gasteiger partial charge in [-0.1, -0.05) is 88.0 Å². The number of allylic oxidation sites excluding steroid dienone is 2. The van der Waals surface area contributed by atoms with E-state index in [4.69, 9.17) is 0 Å². The van der Waals surface area contributed by atoms with E-state index in [0.29, 0.717) is 10.7 Å². The number of benzene rings is 1. The molecule has 1 aromatic rings. The first-order chi connectivity index (χ1) is 7.55. The first-order valence-corrected chi connectivity index (χ1v) is 8.31. The van der Waals surface area contributed by atoms with Gasteiger partial charge in [0.2, 0.25) is 0 Å². The van der Waals surface area contributed by atoms with Crippen LogP contribution in [0.25, 0.3) is 0 Å². The summed E-state index contributed by atoms with van der Waals surface area (Å²) in [5, 5.41) is 0. The maximum atomic E-state index is 3.90. The number of halogens is 4. The molecule has 3 rings (SSSR count). The van der Waals surface area contributed by atoms with Gasteiger partial charge in [0.15, 0.2) is 0 Å². The molecule has 0 fully saturated rings. The first kappa shape index (κ1) is 11.9. The standard InChI is InChI=1S/C12H8Br4/c13-9-8-7-4-2-1-3-6(7)5-12(16,10(8)14)11(9)15/h1-4,8,10H,5H2/t8-,10-,12+/m1/s1. The van der Waals surface area contributed by atoms with Crippen LogP contribution in [0, 0.1) is 0 Å². The first-order valence-electron chi connectivity index (χ1n) is 5.02. The van der Waals surface area contributed by atoms with Gasteiger partial charge in [0.25, 0.3) is 0 Å². The summed E-state index contributed by atoms with van der Waals surface area (Å²) in [5.41, 5.74) is 2.87. The van der Waals surface area contributed by atoms with Crippen LogP contribution in [0.3, 0.4) is 0 Å². The lowest BCUT2D eigenvalue weighted by Crippen LogP contribution is -2.37. The molecular formula is C12H8Br4. The Morgan fingerprint density at radius 3 is 2.62 bits per heavy atom. The number of hydrogen-bond donors (Lipinski definition) is 0. The fraction of sp³-hybridized carbons (Fsp3) is 0.333. The highest BCUT2D eigenvalue weighted by Crippen LogP contribution is 2.62. The topological polar surface area (TPSA) is 0 Å². The van der Waals surface area contributed by atoms with E-state index in [-0.39, 0.29) is 4.32 Å². The predicted molar refractivity (Wildman–Crippen MR) is 82.1 cm³/mol. The molecule has 4 heteroatoms. The Kier molecular flexibility index (Phi) is 2.94. The van der Waals surface area contributed by atoms with Crippen LogP contribution >= 0.6 is 63.7 Å². The molecule has 1 aromatic carbocycles. The zero-order valence-corrected chi connectivity index (χ0v) is 14.5. The SMILES string of the molecule is BrC1=C(Br)[C@]2(Br)Cc3ccccc3[C@H]1[C@H]2Br. The van der Waals surface area contributed by atoms with Crippen LogP contribution in [0.1, 0.15) is 17.0 Å². The van der Waals surface area contributed by atoms with Gasteiger partial charge in [-0.15, -0.1) is 0 Å². The largest absolute Gasteiger partial charge is 0.0861 e. The van der Waals surface area contributed by atoms with Crippen LogP contribution in [0.5, 0.6) is 0 Å². The number of rotatable bonds is 0. The van der Waals surface area contributed by atoms with Crippen LogP contribution in [0.15, 0.2) is 33.2 Å². The van der Waals surface area contributed by atoms with Crippen molar-refractivity contribution in [1.29, 1.82) is 0 Å². The summed E-state index contributed by atoms with van der Waals surface area (Å²) in [4.78, 5) is 0.402. The fourth-order valence-corrected chi connectivity index (χ4v) is 6.74. The van der Waals surface area contributed by atoms with Gasteiger partial charge in [-0.25, -0.2) is 0 Å². The van der Waals surface area contributed by atoms with Gasteiger partial charge in [0.05, 0.1) is 4.32 Å². The van der Waals surface area contributed by atoms with Crippen molar-refractivity contribution in [2.75, 3.05) is 0 Å². The van der Waals surface area contributed by atoms with E-state index in [9.17, 15) is 0 Å². The molecule has 2 aliphatic rings. The smallest absolute Gasteiger partial charge is 0.0753 e. The van der Waals surface area contributed by atoms with Gasteiger partial charge >= 0.3 is 0 Å². The van der Waals surface area contributed by atoms with Crippen molar-refractivity contribution >= 4 is 63.7 Å². The average Bonchev–Trinajstić information content (AvgIpc) is 2.39. The Morgan fingerprint density at radius 1 is 1.19 bits per heavy atom. The third-order valence-electron chi connectivity index (χ3n) is 3.42. The highest BCUT2D eigenvalue weighted by atomic mass is 79.9. The Bertz CT molecular complexity index is 494. The van der Waals surface area contributed by atoms with E-state index < -0.39 is 0 Å². The molecule has 0 spiro atoms. The third kappa shape index (κ3) is 1.42. The van der Waals surface area contributed by atoms with Gasteiger partial charge < -0.3 is 0 Å². The minimum Gasteiger partial charge on any atom is -0.0861 e. The molecule has 84 valence electrons. The van der Waals surface area contributed by atoms with Crippen molar-refractivity contribution < 1.29 is 0 Å². The maximum Gasteiger partial charge on any atom is 0.0753 e. The Morgan fingerprint density at radius 2 is 1.88 bits per heavy atom. The van der Waals surface area contributed by atoms with Crippen molar-refractivity contribution in [1.82, 2.24) is 0 Å². The van der Waals surface area contributed by atoms with Crippen molar-refractivity contribution in [3.63, 3.8) is 0 Å². The molecule has 0 nitrogen and oxygen atoms in total. The second-order valence-corrected chi connectivity index (χ2v) is 8.33. The number of alkyl halides is 2. The quantitative estimate of drug-likeness (QED) is 0.454. The lowest BCUT2D eigenvalue weighted by atomic mass is 9.82. The predicted octanol–water partition coefficient (Wildman–Crippen LogP) is 5.24.